The highest BCUT2D eigenvalue weighted by Crippen LogP contribution is 2.23. The summed E-state index contributed by atoms with van der Waals surface area (Å²) in [6.45, 7) is 9.41. The zero-order chi connectivity index (χ0) is 21.9. The van der Waals surface area contributed by atoms with Crippen LogP contribution in [0.5, 0.6) is 0 Å². The third-order valence-corrected chi connectivity index (χ3v) is 4.82. The van der Waals surface area contributed by atoms with Crippen molar-refractivity contribution in [3.8, 4) is 0 Å². The van der Waals surface area contributed by atoms with Gasteiger partial charge >= 0.3 is 12.1 Å². The minimum absolute atomic E-state index is 0.179. The number of carbonyl (C=O) groups is 3. The summed E-state index contributed by atoms with van der Waals surface area (Å²) in [6.07, 6.45) is 9.35. The Balaban J connectivity index is 2.43. The lowest BCUT2D eigenvalue weighted by Crippen LogP contribution is -2.51. The first-order chi connectivity index (χ1) is 13.6. The van der Waals surface area contributed by atoms with E-state index in [-0.39, 0.29) is 31.4 Å². The molecule has 0 fully saturated rings. The van der Waals surface area contributed by atoms with Crippen molar-refractivity contribution < 1.29 is 23.9 Å². The van der Waals surface area contributed by atoms with Gasteiger partial charge in [-0.15, -0.1) is 0 Å². The van der Waals surface area contributed by atoms with Crippen LogP contribution in [0.1, 0.15) is 73.1 Å². The molecule has 0 radical (unpaired) electrons. The van der Waals surface area contributed by atoms with Gasteiger partial charge in [0.1, 0.15) is 18.8 Å². The summed E-state index contributed by atoms with van der Waals surface area (Å²) in [4.78, 5) is 36.2. The molecule has 7 nitrogen and oxygen atoms in total. The summed E-state index contributed by atoms with van der Waals surface area (Å²) in [6, 6.07) is 0. The molecule has 0 unspecified atom stereocenters. The van der Waals surface area contributed by atoms with Crippen LogP contribution in [0, 0.1) is 0 Å². The van der Waals surface area contributed by atoms with Crippen molar-refractivity contribution >= 4 is 18.0 Å². The van der Waals surface area contributed by atoms with Gasteiger partial charge < -0.3 is 20.1 Å². The molecule has 2 amide bonds. The van der Waals surface area contributed by atoms with E-state index in [0.29, 0.717) is 19.3 Å². The van der Waals surface area contributed by atoms with E-state index in [9.17, 15) is 14.4 Å². The minimum Gasteiger partial charge on any atom is -0.460 e. The number of nitrogens with one attached hydrogen (secondary N) is 2. The van der Waals surface area contributed by atoms with Gasteiger partial charge in [0.05, 0.1) is 0 Å². The highest BCUT2D eigenvalue weighted by Gasteiger charge is 2.30. The fourth-order valence-corrected chi connectivity index (χ4v) is 3.04. The summed E-state index contributed by atoms with van der Waals surface area (Å²) in [5.41, 5.74) is -0.0964. The molecule has 0 saturated heterocycles. The van der Waals surface area contributed by atoms with E-state index in [2.05, 4.69) is 10.6 Å². The van der Waals surface area contributed by atoms with E-state index in [0.717, 1.165) is 18.4 Å². The third-order valence-electron chi connectivity index (χ3n) is 4.82. The number of carbonyl (C=O) groups excluding carboxylic acids is 3. The monoisotopic (exact) mass is 408 g/mol. The Morgan fingerprint density at radius 1 is 1.10 bits per heavy atom. The molecular formula is C22H36N2O5. The normalized spacial score (nSPS) is 14.0. The maximum Gasteiger partial charge on any atom is 0.407 e. The highest BCUT2D eigenvalue weighted by atomic mass is 16.6. The Labute approximate surface area is 174 Å². The molecule has 0 saturated carbocycles. The van der Waals surface area contributed by atoms with Gasteiger partial charge in [0.25, 0.3) is 0 Å². The Morgan fingerprint density at radius 2 is 1.79 bits per heavy atom. The molecule has 0 aromatic rings. The third kappa shape index (κ3) is 10.1. The molecule has 0 aromatic carbocycles. The quantitative estimate of drug-likeness (QED) is 0.537. The number of hydrogen-bond donors (Lipinski definition) is 2. The molecule has 2 N–H and O–H groups in total. The molecule has 0 heterocycles. The molecule has 0 spiro atoms. The molecule has 0 aromatic heterocycles. The van der Waals surface area contributed by atoms with Crippen LogP contribution in [0.2, 0.25) is 0 Å². The summed E-state index contributed by atoms with van der Waals surface area (Å²) in [7, 11) is 0. The molecule has 7 heteroatoms. The van der Waals surface area contributed by atoms with Gasteiger partial charge in [0, 0.05) is 12.0 Å². The first-order valence-corrected chi connectivity index (χ1v) is 10.4. The van der Waals surface area contributed by atoms with Crippen LogP contribution < -0.4 is 10.6 Å². The highest BCUT2D eigenvalue weighted by molar-refractivity contribution is 5.82. The van der Waals surface area contributed by atoms with Crippen LogP contribution >= 0.6 is 0 Å². The molecule has 0 bridgehead atoms. The Morgan fingerprint density at radius 3 is 2.34 bits per heavy atom. The standard InChI is InChI=1S/C22H36N2O5/c1-6-22(7-2,14-13-19(26)29-21(3,4)5)24-18(25)15-23-20(27)28-16-17-11-9-8-10-12-17/h9,11-12H,6-8,10,13-16H2,1-5H3,(H,23,27)(H,24,25). The summed E-state index contributed by atoms with van der Waals surface area (Å²) >= 11 is 0. The largest absolute Gasteiger partial charge is 0.460 e. The van der Waals surface area contributed by atoms with Crippen LogP contribution in [0.4, 0.5) is 4.79 Å². The minimum atomic E-state index is -0.632. The van der Waals surface area contributed by atoms with Crippen molar-refractivity contribution in [3.05, 3.63) is 23.8 Å². The van der Waals surface area contributed by atoms with Crippen molar-refractivity contribution in [2.24, 2.45) is 0 Å². The van der Waals surface area contributed by atoms with Crippen molar-refractivity contribution in [1.29, 1.82) is 0 Å². The molecule has 164 valence electrons. The van der Waals surface area contributed by atoms with Crippen LogP contribution in [0.25, 0.3) is 0 Å². The first kappa shape index (κ1) is 24.7. The fourth-order valence-electron chi connectivity index (χ4n) is 3.04. The van der Waals surface area contributed by atoms with Gasteiger partial charge in [-0.1, -0.05) is 32.1 Å². The Hall–Kier alpha value is -2.31. The number of allylic oxidation sites excluding steroid dienone is 2. The molecular weight excluding hydrogens is 372 g/mol. The molecule has 1 aliphatic carbocycles. The molecule has 29 heavy (non-hydrogen) atoms. The number of rotatable bonds is 10. The molecule has 0 aliphatic heterocycles. The molecule has 1 aliphatic rings. The van der Waals surface area contributed by atoms with Crippen molar-refractivity contribution in [3.63, 3.8) is 0 Å². The summed E-state index contributed by atoms with van der Waals surface area (Å²) in [5.74, 6) is -0.600. The second-order valence-electron chi connectivity index (χ2n) is 8.31. The summed E-state index contributed by atoms with van der Waals surface area (Å²) in [5, 5.41) is 5.44. The molecule has 1 rings (SSSR count). The van der Waals surface area contributed by atoms with E-state index in [1.165, 1.54) is 0 Å². The van der Waals surface area contributed by atoms with Gasteiger partial charge in [-0.3, -0.25) is 9.59 Å². The SMILES string of the molecule is CCC(CC)(CCC(=O)OC(C)(C)C)NC(=O)CNC(=O)OCC1=CCCC=C1. The maximum atomic E-state index is 12.3. The van der Waals surface area contributed by atoms with Crippen LogP contribution in [0.3, 0.4) is 0 Å². The smallest absolute Gasteiger partial charge is 0.407 e. The van der Waals surface area contributed by atoms with Crippen LogP contribution in [-0.2, 0) is 19.1 Å². The van der Waals surface area contributed by atoms with Gasteiger partial charge in [-0.2, -0.15) is 0 Å². The van der Waals surface area contributed by atoms with E-state index in [4.69, 9.17) is 9.47 Å². The number of alkyl carbamates (subject to hydrolysis) is 1. The van der Waals surface area contributed by atoms with Crippen LogP contribution in [0.15, 0.2) is 23.8 Å². The van der Waals surface area contributed by atoms with Gasteiger partial charge in [0.15, 0.2) is 0 Å². The number of amides is 2. The second kappa shape index (κ2) is 11.6. The van der Waals surface area contributed by atoms with Gasteiger partial charge in [-0.05, 0) is 58.4 Å². The average molecular weight is 409 g/mol. The van der Waals surface area contributed by atoms with E-state index in [1.807, 2.05) is 52.8 Å². The Bertz CT molecular complexity index is 628. The Kier molecular flexibility index (Phi) is 9.92. The zero-order valence-corrected chi connectivity index (χ0v) is 18.4. The van der Waals surface area contributed by atoms with Gasteiger partial charge in [-0.25, -0.2) is 4.79 Å². The average Bonchev–Trinajstić information content (AvgIpc) is 2.67. The number of hydrogen-bond acceptors (Lipinski definition) is 5. The second-order valence-corrected chi connectivity index (χ2v) is 8.31. The lowest BCUT2D eigenvalue weighted by Gasteiger charge is -2.33. The predicted molar refractivity (Wildman–Crippen MR) is 112 cm³/mol. The fraction of sp³-hybridized carbons (Fsp3) is 0.682. The van der Waals surface area contributed by atoms with E-state index >= 15 is 0 Å². The topological polar surface area (TPSA) is 93.7 Å². The zero-order valence-electron chi connectivity index (χ0n) is 18.4. The van der Waals surface area contributed by atoms with Crippen molar-refractivity contribution in [1.82, 2.24) is 10.6 Å². The number of esters is 1. The van der Waals surface area contributed by atoms with Crippen molar-refractivity contribution in [2.75, 3.05) is 13.2 Å². The van der Waals surface area contributed by atoms with E-state index < -0.39 is 17.2 Å². The lowest BCUT2D eigenvalue weighted by molar-refractivity contribution is -0.155. The number of ether oxygens (including phenoxy) is 2. The first-order valence-electron chi connectivity index (χ1n) is 10.4. The lowest BCUT2D eigenvalue weighted by atomic mass is 9.87. The van der Waals surface area contributed by atoms with E-state index in [1.54, 1.807) is 0 Å². The summed E-state index contributed by atoms with van der Waals surface area (Å²) < 4.78 is 10.5. The maximum absolute atomic E-state index is 12.3. The predicted octanol–water partition coefficient (Wildman–Crippen LogP) is 3.79. The molecule has 0 atom stereocenters. The van der Waals surface area contributed by atoms with Crippen molar-refractivity contribution in [2.45, 2.75) is 84.3 Å². The van der Waals surface area contributed by atoms with Gasteiger partial charge in [0.2, 0.25) is 5.91 Å². The van der Waals surface area contributed by atoms with Crippen LogP contribution in [-0.4, -0.2) is 42.3 Å².